The van der Waals surface area contributed by atoms with Crippen molar-refractivity contribution >= 4 is 0 Å². The van der Waals surface area contributed by atoms with Gasteiger partial charge in [0, 0.05) is 18.2 Å². The molecule has 4 heteroatoms. The largest absolute Gasteiger partial charge is 0.487 e. The fourth-order valence-corrected chi connectivity index (χ4v) is 2.16. The molecule has 2 nitrogen and oxygen atoms in total. The topological polar surface area (TPSA) is 29.5 Å². The van der Waals surface area contributed by atoms with Gasteiger partial charge in [-0.25, -0.2) is 8.78 Å². The summed E-state index contributed by atoms with van der Waals surface area (Å²) in [7, 11) is 0. The summed E-state index contributed by atoms with van der Waals surface area (Å²) in [5.74, 6) is -1.38. The third-order valence-corrected chi connectivity index (χ3v) is 3.22. The molecule has 0 aliphatic heterocycles. The zero-order valence-corrected chi connectivity index (χ0v) is 12.0. The van der Waals surface area contributed by atoms with Gasteiger partial charge in [-0.3, -0.25) is 0 Å². The Morgan fingerprint density at radius 2 is 1.52 bits per heavy atom. The predicted molar refractivity (Wildman–Crippen MR) is 77.0 cm³/mol. The molecule has 0 heterocycles. The number of ether oxygens (including phenoxy) is 1. The molecule has 0 radical (unpaired) electrons. The van der Waals surface area contributed by atoms with Crippen molar-refractivity contribution in [2.45, 2.75) is 26.1 Å². The molecule has 0 saturated carbocycles. The van der Waals surface area contributed by atoms with Crippen LogP contribution in [0.25, 0.3) is 0 Å². The average molecular weight is 292 g/mol. The van der Waals surface area contributed by atoms with Gasteiger partial charge in [0.15, 0.2) is 0 Å². The van der Waals surface area contributed by atoms with Gasteiger partial charge in [0.2, 0.25) is 0 Å². The molecule has 21 heavy (non-hydrogen) atoms. The van der Waals surface area contributed by atoms with Gasteiger partial charge in [0.25, 0.3) is 0 Å². The maximum Gasteiger partial charge on any atom is 0.131 e. The Morgan fingerprint density at radius 1 is 0.952 bits per heavy atom. The number of halogens is 2. The summed E-state index contributed by atoms with van der Waals surface area (Å²) < 4.78 is 32.1. The monoisotopic (exact) mass is 292 g/mol. The summed E-state index contributed by atoms with van der Waals surface area (Å²) in [6, 6.07) is 12.1. The van der Waals surface area contributed by atoms with Crippen LogP contribution >= 0.6 is 0 Å². The van der Waals surface area contributed by atoms with Crippen LogP contribution in [0.3, 0.4) is 0 Å². The molecule has 1 N–H and O–H groups in total. The predicted octanol–water partition coefficient (Wildman–Crippen LogP) is 4.10. The van der Waals surface area contributed by atoms with Crippen molar-refractivity contribution in [3.05, 3.63) is 65.7 Å². The second-order valence-corrected chi connectivity index (χ2v) is 5.29. The lowest BCUT2D eigenvalue weighted by molar-refractivity contribution is 0.00754. The molecule has 112 valence electrons. The molecule has 2 atom stereocenters. The van der Waals surface area contributed by atoms with Gasteiger partial charge in [-0.2, -0.15) is 0 Å². The van der Waals surface area contributed by atoms with Gasteiger partial charge >= 0.3 is 0 Å². The van der Waals surface area contributed by atoms with E-state index in [2.05, 4.69) is 0 Å². The first kappa shape index (κ1) is 15.4. The van der Waals surface area contributed by atoms with Crippen molar-refractivity contribution < 1.29 is 18.6 Å². The first-order valence-electron chi connectivity index (χ1n) is 6.83. The van der Waals surface area contributed by atoms with Crippen LogP contribution in [0.5, 0.6) is 5.75 Å². The molecule has 0 aliphatic carbocycles. The molecule has 2 aromatic carbocycles. The number of rotatable bonds is 5. The molecule has 0 spiro atoms. The standard InChI is InChI=1S/C17H18F2O2/c1-11(2)17(16(20)12-6-4-3-5-7-12)21-15-9-13(18)8-14(19)10-15/h3-11,16-17,20H,1-2H3. The zero-order chi connectivity index (χ0) is 15.4. The summed E-state index contributed by atoms with van der Waals surface area (Å²) in [6.45, 7) is 3.76. The molecule has 2 rings (SSSR count). The van der Waals surface area contributed by atoms with E-state index in [9.17, 15) is 13.9 Å². The van der Waals surface area contributed by atoms with Crippen LogP contribution in [-0.2, 0) is 0 Å². The first-order valence-corrected chi connectivity index (χ1v) is 6.83. The second-order valence-electron chi connectivity index (χ2n) is 5.29. The first-order chi connectivity index (χ1) is 9.97. The lowest BCUT2D eigenvalue weighted by Crippen LogP contribution is -2.30. The minimum Gasteiger partial charge on any atom is -0.487 e. The number of aliphatic hydroxyl groups excluding tert-OH is 1. The van der Waals surface area contributed by atoms with Crippen LogP contribution in [0.1, 0.15) is 25.5 Å². The number of hydrogen-bond donors (Lipinski definition) is 1. The van der Waals surface area contributed by atoms with Crippen molar-refractivity contribution in [1.82, 2.24) is 0 Å². The third kappa shape index (κ3) is 4.02. The molecule has 0 amide bonds. The zero-order valence-electron chi connectivity index (χ0n) is 12.0. The van der Waals surface area contributed by atoms with E-state index in [-0.39, 0.29) is 11.7 Å². The Morgan fingerprint density at radius 3 is 2.05 bits per heavy atom. The van der Waals surface area contributed by atoms with Crippen LogP contribution in [-0.4, -0.2) is 11.2 Å². The molecule has 0 fully saturated rings. The maximum absolute atomic E-state index is 13.2. The smallest absolute Gasteiger partial charge is 0.131 e. The molecule has 0 aromatic heterocycles. The lowest BCUT2D eigenvalue weighted by atomic mass is 9.96. The molecule has 2 unspecified atom stereocenters. The van der Waals surface area contributed by atoms with Crippen molar-refractivity contribution in [3.63, 3.8) is 0 Å². The van der Waals surface area contributed by atoms with E-state index in [1.807, 2.05) is 32.0 Å². The Hall–Kier alpha value is -1.94. The fraction of sp³-hybridized carbons (Fsp3) is 0.294. The van der Waals surface area contributed by atoms with Crippen molar-refractivity contribution in [2.75, 3.05) is 0 Å². The Labute approximate surface area is 123 Å². The van der Waals surface area contributed by atoms with Gasteiger partial charge in [-0.05, 0) is 11.5 Å². The molecular weight excluding hydrogens is 274 g/mol. The number of hydrogen-bond acceptors (Lipinski definition) is 2. The van der Waals surface area contributed by atoms with E-state index in [0.29, 0.717) is 5.56 Å². The highest BCUT2D eigenvalue weighted by molar-refractivity contribution is 5.25. The van der Waals surface area contributed by atoms with Crippen LogP contribution in [0, 0.1) is 17.6 Å². The average Bonchev–Trinajstić information content (AvgIpc) is 2.43. The SMILES string of the molecule is CC(C)C(Oc1cc(F)cc(F)c1)C(O)c1ccccc1. The summed E-state index contributed by atoms with van der Waals surface area (Å²) in [5.41, 5.74) is 0.702. The molecular formula is C17H18F2O2. The van der Waals surface area contributed by atoms with Crippen LogP contribution < -0.4 is 4.74 Å². The minimum absolute atomic E-state index is 0.0356. The van der Waals surface area contributed by atoms with Crippen LogP contribution in [0.2, 0.25) is 0 Å². The van der Waals surface area contributed by atoms with E-state index in [0.717, 1.165) is 18.2 Å². The summed E-state index contributed by atoms with van der Waals surface area (Å²) in [6.07, 6.45) is -1.48. The van der Waals surface area contributed by atoms with Crippen LogP contribution in [0.15, 0.2) is 48.5 Å². The molecule has 0 saturated heterocycles. The fourth-order valence-electron chi connectivity index (χ4n) is 2.16. The van der Waals surface area contributed by atoms with Crippen molar-refractivity contribution in [3.8, 4) is 5.75 Å². The number of benzene rings is 2. The summed E-state index contributed by atoms with van der Waals surface area (Å²) in [4.78, 5) is 0. The Balaban J connectivity index is 2.23. The third-order valence-electron chi connectivity index (χ3n) is 3.22. The van der Waals surface area contributed by atoms with E-state index in [1.54, 1.807) is 12.1 Å². The van der Waals surface area contributed by atoms with Gasteiger partial charge < -0.3 is 9.84 Å². The highest BCUT2D eigenvalue weighted by Gasteiger charge is 2.26. The van der Waals surface area contributed by atoms with Gasteiger partial charge in [0.1, 0.15) is 29.6 Å². The quantitative estimate of drug-likeness (QED) is 0.899. The normalized spacial score (nSPS) is 14.0. The van der Waals surface area contributed by atoms with E-state index in [1.165, 1.54) is 0 Å². The highest BCUT2D eigenvalue weighted by atomic mass is 19.1. The van der Waals surface area contributed by atoms with Gasteiger partial charge in [0.05, 0.1) is 0 Å². The molecule has 0 bridgehead atoms. The second kappa shape index (κ2) is 6.68. The summed E-state index contributed by atoms with van der Waals surface area (Å²) in [5, 5.41) is 10.4. The summed E-state index contributed by atoms with van der Waals surface area (Å²) >= 11 is 0. The minimum atomic E-state index is -0.877. The maximum atomic E-state index is 13.2. The van der Waals surface area contributed by atoms with Gasteiger partial charge in [-0.15, -0.1) is 0 Å². The Bertz CT molecular complexity index is 564. The van der Waals surface area contributed by atoms with E-state index in [4.69, 9.17) is 4.74 Å². The van der Waals surface area contributed by atoms with Crippen LogP contribution in [0.4, 0.5) is 8.78 Å². The van der Waals surface area contributed by atoms with E-state index >= 15 is 0 Å². The van der Waals surface area contributed by atoms with Crippen molar-refractivity contribution in [1.29, 1.82) is 0 Å². The van der Waals surface area contributed by atoms with Gasteiger partial charge in [-0.1, -0.05) is 44.2 Å². The lowest BCUT2D eigenvalue weighted by Gasteiger charge is -2.27. The number of aliphatic hydroxyl groups is 1. The molecule has 2 aromatic rings. The highest BCUT2D eigenvalue weighted by Crippen LogP contribution is 2.27. The van der Waals surface area contributed by atoms with E-state index < -0.39 is 23.8 Å². The molecule has 0 aliphatic rings. The Kier molecular flexibility index (Phi) is 4.91. The van der Waals surface area contributed by atoms with Crippen molar-refractivity contribution in [2.24, 2.45) is 5.92 Å².